The van der Waals surface area contributed by atoms with Gasteiger partial charge in [0.2, 0.25) is 0 Å². The lowest BCUT2D eigenvalue weighted by molar-refractivity contribution is 0.00807. The Morgan fingerprint density at radius 3 is 1.85 bits per heavy atom. The molecule has 0 unspecified atom stereocenters. The van der Waals surface area contributed by atoms with E-state index in [-0.39, 0.29) is 12.7 Å². The summed E-state index contributed by atoms with van der Waals surface area (Å²) in [4.78, 5) is 0. The molecular formula is C14H31O5P. The molecule has 122 valence electrons. The zero-order valence-electron chi connectivity index (χ0n) is 13.4. The Balaban J connectivity index is 4.30. The minimum absolute atomic E-state index is 0.0714. The van der Waals surface area contributed by atoms with Gasteiger partial charge in [0.05, 0.1) is 25.9 Å². The Labute approximate surface area is 123 Å². The van der Waals surface area contributed by atoms with E-state index in [1.165, 1.54) is 0 Å². The fourth-order valence-electron chi connectivity index (χ4n) is 1.45. The standard InChI is InChI=1S/C14H31O5P/c1-5-9-11-17-20(15,18-12-10-6-2)19-13-14(7-3)16-8-4/h14H,5-13H2,1-4H3/t14-/m1/s1. The van der Waals surface area contributed by atoms with E-state index in [0.717, 1.165) is 32.1 Å². The van der Waals surface area contributed by atoms with Gasteiger partial charge in [0.1, 0.15) is 0 Å². The molecule has 0 N–H and O–H groups in total. The zero-order chi connectivity index (χ0) is 15.3. The first-order chi connectivity index (χ1) is 9.61. The monoisotopic (exact) mass is 310 g/mol. The molecule has 0 spiro atoms. The van der Waals surface area contributed by atoms with Crippen molar-refractivity contribution in [2.45, 2.75) is 65.9 Å². The van der Waals surface area contributed by atoms with Crippen molar-refractivity contribution in [3.8, 4) is 0 Å². The van der Waals surface area contributed by atoms with Crippen LogP contribution in [0.2, 0.25) is 0 Å². The Morgan fingerprint density at radius 2 is 1.45 bits per heavy atom. The van der Waals surface area contributed by atoms with Gasteiger partial charge in [-0.2, -0.15) is 0 Å². The second-order valence-corrected chi connectivity index (χ2v) is 6.27. The fourth-order valence-corrected chi connectivity index (χ4v) is 2.72. The number of unbranched alkanes of at least 4 members (excludes halogenated alkanes) is 2. The van der Waals surface area contributed by atoms with Crippen molar-refractivity contribution in [3.63, 3.8) is 0 Å². The summed E-state index contributed by atoms with van der Waals surface area (Å²) in [7, 11) is -3.45. The van der Waals surface area contributed by atoms with Crippen LogP contribution >= 0.6 is 7.82 Å². The van der Waals surface area contributed by atoms with Gasteiger partial charge in [-0.1, -0.05) is 33.6 Å². The lowest BCUT2D eigenvalue weighted by Gasteiger charge is -2.21. The highest BCUT2D eigenvalue weighted by Crippen LogP contribution is 2.49. The predicted octanol–water partition coefficient (Wildman–Crippen LogP) is 4.56. The number of rotatable bonds is 14. The van der Waals surface area contributed by atoms with Crippen molar-refractivity contribution < 1.29 is 22.9 Å². The van der Waals surface area contributed by atoms with Crippen molar-refractivity contribution in [3.05, 3.63) is 0 Å². The third-order valence-corrected chi connectivity index (χ3v) is 4.23. The number of hydrogen-bond acceptors (Lipinski definition) is 5. The van der Waals surface area contributed by atoms with Gasteiger partial charge in [0, 0.05) is 6.61 Å². The molecule has 0 fully saturated rings. The number of phosphoric ester groups is 1. The molecule has 0 rings (SSSR count). The van der Waals surface area contributed by atoms with Gasteiger partial charge in [-0.15, -0.1) is 0 Å². The molecule has 0 aliphatic carbocycles. The smallest absolute Gasteiger partial charge is 0.376 e. The van der Waals surface area contributed by atoms with Gasteiger partial charge in [-0.25, -0.2) is 4.57 Å². The summed E-state index contributed by atoms with van der Waals surface area (Å²) >= 11 is 0. The van der Waals surface area contributed by atoms with Crippen molar-refractivity contribution in [1.82, 2.24) is 0 Å². The van der Waals surface area contributed by atoms with Gasteiger partial charge < -0.3 is 4.74 Å². The summed E-state index contributed by atoms with van der Waals surface area (Å²) in [6.45, 7) is 9.67. The van der Waals surface area contributed by atoms with E-state index < -0.39 is 7.82 Å². The first kappa shape index (κ1) is 20.1. The molecule has 0 saturated heterocycles. The van der Waals surface area contributed by atoms with Crippen LogP contribution in [0.3, 0.4) is 0 Å². The van der Waals surface area contributed by atoms with Crippen LogP contribution in [-0.2, 0) is 22.9 Å². The molecule has 1 atom stereocenters. The van der Waals surface area contributed by atoms with E-state index in [4.69, 9.17) is 18.3 Å². The van der Waals surface area contributed by atoms with Gasteiger partial charge in [-0.05, 0) is 26.2 Å². The zero-order valence-corrected chi connectivity index (χ0v) is 14.3. The molecule has 0 amide bonds. The highest BCUT2D eigenvalue weighted by Gasteiger charge is 2.27. The highest BCUT2D eigenvalue weighted by atomic mass is 31.2. The van der Waals surface area contributed by atoms with E-state index in [1.807, 2.05) is 13.8 Å². The molecule has 0 radical (unpaired) electrons. The molecule has 6 heteroatoms. The van der Waals surface area contributed by atoms with Crippen molar-refractivity contribution in [2.24, 2.45) is 0 Å². The van der Waals surface area contributed by atoms with Gasteiger partial charge in [0.15, 0.2) is 0 Å². The number of phosphoric acid groups is 1. The lowest BCUT2D eigenvalue weighted by atomic mass is 10.3. The normalized spacial score (nSPS) is 13.6. The SMILES string of the molecule is CCCCOP(=O)(OCCCC)OC[C@@H](CC)OCC. The molecule has 0 saturated carbocycles. The maximum absolute atomic E-state index is 12.5. The summed E-state index contributed by atoms with van der Waals surface area (Å²) in [5.41, 5.74) is 0. The molecule has 0 aromatic carbocycles. The third kappa shape index (κ3) is 9.89. The average Bonchev–Trinajstić information content (AvgIpc) is 2.44. The average molecular weight is 310 g/mol. The van der Waals surface area contributed by atoms with Crippen LogP contribution in [0.15, 0.2) is 0 Å². The Hall–Kier alpha value is 0.0700. The summed E-state index contributed by atoms with van der Waals surface area (Å²) in [6, 6.07) is 0. The Morgan fingerprint density at radius 1 is 0.900 bits per heavy atom. The van der Waals surface area contributed by atoms with Gasteiger partial charge in [0.25, 0.3) is 0 Å². The topological polar surface area (TPSA) is 54.0 Å². The molecule has 5 nitrogen and oxygen atoms in total. The molecule has 0 heterocycles. The maximum atomic E-state index is 12.5. The van der Waals surface area contributed by atoms with Crippen LogP contribution in [0.25, 0.3) is 0 Å². The third-order valence-electron chi connectivity index (χ3n) is 2.77. The largest absolute Gasteiger partial charge is 0.474 e. The summed E-state index contributed by atoms with van der Waals surface area (Å²) in [6.07, 6.45) is 4.37. The van der Waals surface area contributed by atoms with Crippen LogP contribution in [0.5, 0.6) is 0 Å². The molecule has 0 bridgehead atoms. The molecule has 0 aliphatic rings. The van der Waals surface area contributed by atoms with Crippen LogP contribution in [0, 0.1) is 0 Å². The Bertz CT molecular complexity index is 246. The van der Waals surface area contributed by atoms with E-state index in [1.54, 1.807) is 0 Å². The first-order valence-corrected chi connectivity index (χ1v) is 9.23. The second-order valence-electron chi connectivity index (χ2n) is 4.60. The number of hydrogen-bond donors (Lipinski definition) is 0. The number of ether oxygens (including phenoxy) is 1. The molecular weight excluding hydrogens is 279 g/mol. The molecule has 20 heavy (non-hydrogen) atoms. The molecule has 0 aromatic rings. The lowest BCUT2D eigenvalue weighted by Crippen LogP contribution is -2.19. The second kappa shape index (κ2) is 12.8. The van der Waals surface area contributed by atoms with Gasteiger partial charge >= 0.3 is 7.82 Å². The van der Waals surface area contributed by atoms with E-state index in [0.29, 0.717) is 19.8 Å². The van der Waals surface area contributed by atoms with Crippen LogP contribution in [0.4, 0.5) is 0 Å². The predicted molar refractivity (Wildman–Crippen MR) is 81.0 cm³/mol. The summed E-state index contributed by atoms with van der Waals surface area (Å²) in [5, 5.41) is 0. The first-order valence-electron chi connectivity index (χ1n) is 7.77. The van der Waals surface area contributed by atoms with E-state index >= 15 is 0 Å². The summed E-state index contributed by atoms with van der Waals surface area (Å²) < 4.78 is 34.1. The summed E-state index contributed by atoms with van der Waals surface area (Å²) in [5.74, 6) is 0. The van der Waals surface area contributed by atoms with Crippen LogP contribution in [-0.4, -0.2) is 32.5 Å². The van der Waals surface area contributed by atoms with Crippen molar-refractivity contribution >= 4 is 7.82 Å². The molecule has 0 aliphatic heterocycles. The molecule has 0 aromatic heterocycles. The van der Waals surface area contributed by atoms with Crippen LogP contribution < -0.4 is 0 Å². The maximum Gasteiger partial charge on any atom is 0.474 e. The minimum Gasteiger partial charge on any atom is -0.376 e. The quantitative estimate of drug-likeness (QED) is 0.348. The van der Waals surface area contributed by atoms with Crippen molar-refractivity contribution in [1.29, 1.82) is 0 Å². The van der Waals surface area contributed by atoms with Crippen molar-refractivity contribution in [2.75, 3.05) is 26.4 Å². The van der Waals surface area contributed by atoms with Crippen LogP contribution in [0.1, 0.15) is 59.8 Å². The van der Waals surface area contributed by atoms with E-state index in [9.17, 15) is 4.57 Å². The van der Waals surface area contributed by atoms with E-state index in [2.05, 4.69) is 13.8 Å². The van der Waals surface area contributed by atoms with Gasteiger partial charge in [-0.3, -0.25) is 13.6 Å². The highest BCUT2D eigenvalue weighted by molar-refractivity contribution is 7.48. The Kier molecular flexibility index (Phi) is 12.8. The minimum atomic E-state index is -3.45. The fraction of sp³-hybridized carbons (Fsp3) is 1.00.